The molecule has 36 heavy (non-hydrogen) atoms. The Labute approximate surface area is 212 Å². The van der Waals surface area contributed by atoms with Gasteiger partial charge in [0.15, 0.2) is 0 Å². The van der Waals surface area contributed by atoms with Crippen LogP contribution in [0, 0.1) is 0 Å². The Bertz CT molecular complexity index is 1680. The van der Waals surface area contributed by atoms with Crippen LogP contribution in [-0.2, 0) is 0 Å². The summed E-state index contributed by atoms with van der Waals surface area (Å²) in [6.45, 7) is 0. The van der Waals surface area contributed by atoms with Crippen LogP contribution in [0.15, 0.2) is 158 Å². The molecule has 7 aromatic carbocycles. The first kappa shape index (κ1) is 21.8. The largest absolute Gasteiger partial charge is 0.0622 e. The van der Waals surface area contributed by atoms with E-state index in [0.29, 0.717) is 0 Å². The molecule has 0 nitrogen and oxygen atoms in total. The van der Waals surface area contributed by atoms with Crippen molar-refractivity contribution in [3.05, 3.63) is 158 Å². The average Bonchev–Trinajstić information content (AvgIpc) is 2.97. The maximum absolute atomic E-state index is 2.21. The molecule has 170 valence electrons. The van der Waals surface area contributed by atoms with Crippen molar-refractivity contribution in [3.63, 3.8) is 0 Å². The normalized spacial score (nSPS) is 10.8. The van der Waals surface area contributed by atoms with Crippen LogP contribution >= 0.6 is 0 Å². The van der Waals surface area contributed by atoms with Crippen LogP contribution in [-0.4, -0.2) is 0 Å². The highest BCUT2D eigenvalue weighted by Crippen LogP contribution is 2.33. The van der Waals surface area contributed by atoms with E-state index in [9.17, 15) is 0 Å². The van der Waals surface area contributed by atoms with Crippen LogP contribution in [0.1, 0.15) is 0 Å². The SMILES string of the molecule is c1ccc(-c2cccc3ccccc23)cc1.c1ccc2c(-c3cccc4ccccc34)cccc2c1. The van der Waals surface area contributed by atoms with E-state index in [2.05, 4.69) is 158 Å². The molecule has 7 aromatic rings. The summed E-state index contributed by atoms with van der Waals surface area (Å²) < 4.78 is 0. The quantitative estimate of drug-likeness (QED) is 0.242. The van der Waals surface area contributed by atoms with Crippen molar-refractivity contribution in [2.75, 3.05) is 0 Å². The van der Waals surface area contributed by atoms with Gasteiger partial charge < -0.3 is 0 Å². The van der Waals surface area contributed by atoms with E-state index in [0.717, 1.165) is 0 Å². The fraction of sp³-hybridized carbons (Fsp3) is 0. The number of rotatable bonds is 2. The van der Waals surface area contributed by atoms with E-state index in [1.165, 1.54) is 54.6 Å². The van der Waals surface area contributed by atoms with Gasteiger partial charge in [0.05, 0.1) is 0 Å². The Balaban J connectivity index is 0.000000137. The summed E-state index contributed by atoms with van der Waals surface area (Å²) in [5, 5.41) is 7.81. The molecular formula is C36H26. The van der Waals surface area contributed by atoms with Gasteiger partial charge in [0, 0.05) is 0 Å². The maximum atomic E-state index is 2.21. The van der Waals surface area contributed by atoms with Crippen LogP contribution < -0.4 is 0 Å². The number of hydrogen-bond donors (Lipinski definition) is 0. The Morgan fingerprint density at radius 2 is 0.556 bits per heavy atom. The van der Waals surface area contributed by atoms with Gasteiger partial charge in [-0.05, 0) is 54.6 Å². The zero-order valence-electron chi connectivity index (χ0n) is 20.0. The Morgan fingerprint density at radius 1 is 0.222 bits per heavy atom. The minimum atomic E-state index is 1.28. The van der Waals surface area contributed by atoms with Crippen molar-refractivity contribution in [2.24, 2.45) is 0 Å². The van der Waals surface area contributed by atoms with Gasteiger partial charge in [-0.1, -0.05) is 158 Å². The molecule has 0 saturated heterocycles. The Kier molecular flexibility index (Phi) is 6.00. The minimum absolute atomic E-state index is 1.28. The molecule has 0 radical (unpaired) electrons. The zero-order chi connectivity index (χ0) is 24.2. The van der Waals surface area contributed by atoms with Crippen molar-refractivity contribution in [1.29, 1.82) is 0 Å². The molecule has 0 unspecified atom stereocenters. The second-order valence-electron chi connectivity index (χ2n) is 8.95. The third kappa shape index (κ3) is 4.26. The van der Waals surface area contributed by atoms with Gasteiger partial charge in [-0.2, -0.15) is 0 Å². The van der Waals surface area contributed by atoms with Crippen LogP contribution in [0.2, 0.25) is 0 Å². The van der Waals surface area contributed by atoms with Crippen LogP contribution in [0.25, 0.3) is 54.6 Å². The predicted octanol–water partition coefficient (Wildman–Crippen LogP) is 10.2. The molecule has 0 amide bonds. The van der Waals surface area contributed by atoms with Crippen molar-refractivity contribution >= 4 is 32.3 Å². The highest BCUT2D eigenvalue weighted by Gasteiger charge is 2.06. The van der Waals surface area contributed by atoms with Gasteiger partial charge >= 0.3 is 0 Å². The Hall–Kier alpha value is -4.68. The van der Waals surface area contributed by atoms with Crippen LogP contribution in [0.5, 0.6) is 0 Å². The summed E-state index contributed by atoms with van der Waals surface area (Å²) in [6.07, 6.45) is 0. The van der Waals surface area contributed by atoms with E-state index in [1.54, 1.807) is 0 Å². The standard InChI is InChI=1S/C20H14.C16H12/c1-3-11-17-15(7-1)9-5-13-19(17)20-14-6-10-16-8-2-4-12-18(16)20;1-2-7-13(8-3-1)16-12-6-10-14-9-4-5-11-15(14)16/h1-14H;1-12H. The number of fused-ring (bicyclic) bond motifs is 3. The topological polar surface area (TPSA) is 0 Å². The van der Waals surface area contributed by atoms with E-state index in [1.807, 2.05) is 0 Å². The lowest BCUT2D eigenvalue weighted by atomic mass is 9.94. The highest BCUT2D eigenvalue weighted by molar-refractivity contribution is 6.05. The van der Waals surface area contributed by atoms with Gasteiger partial charge in [0.2, 0.25) is 0 Å². The van der Waals surface area contributed by atoms with E-state index < -0.39 is 0 Å². The van der Waals surface area contributed by atoms with E-state index >= 15 is 0 Å². The molecule has 0 saturated carbocycles. The number of benzene rings is 7. The molecule has 0 spiro atoms. The predicted molar refractivity (Wildman–Crippen MR) is 156 cm³/mol. The summed E-state index contributed by atoms with van der Waals surface area (Å²) in [7, 11) is 0. The van der Waals surface area contributed by atoms with Gasteiger partial charge in [-0.15, -0.1) is 0 Å². The lowest BCUT2D eigenvalue weighted by Crippen LogP contribution is -1.83. The van der Waals surface area contributed by atoms with Crippen LogP contribution in [0.4, 0.5) is 0 Å². The molecule has 0 heteroatoms. The highest BCUT2D eigenvalue weighted by atomic mass is 14.1. The van der Waals surface area contributed by atoms with Crippen molar-refractivity contribution in [1.82, 2.24) is 0 Å². The molecule has 0 atom stereocenters. The summed E-state index contributed by atoms with van der Waals surface area (Å²) in [5.41, 5.74) is 5.19. The summed E-state index contributed by atoms with van der Waals surface area (Å²) in [5.74, 6) is 0. The third-order valence-electron chi connectivity index (χ3n) is 6.74. The van der Waals surface area contributed by atoms with Crippen molar-refractivity contribution in [3.8, 4) is 22.3 Å². The average molecular weight is 459 g/mol. The molecule has 0 bridgehead atoms. The van der Waals surface area contributed by atoms with Gasteiger partial charge in [-0.25, -0.2) is 0 Å². The zero-order valence-corrected chi connectivity index (χ0v) is 20.0. The second-order valence-corrected chi connectivity index (χ2v) is 8.95. The monoisotopic (exact) mass is 458 g/mol. The molecule has 0 heterocycles. The molecule has 0 aliphatic rings. The number of hydrogen-bond acceptors (Lipinski definition) is 0. The minimum Gasteiger partial charge on any atom is -0.0622 e. The fourth-order valence-corrected chi connectivity index (χ4v) is 5.02. The van der Waals surface area contributed by atoms with Crippen molar-refractivity contribution in [2.45, 2.75) is 0 Å². The van der Waals surface area contributed by atoms with Gasteiger partial charge in [0.25, 0.3) is 0 Å². The van der Waals surface area contributed by atoms with Gasteiger partial charge in [0.1, 0.15) is 0 Å². The van der Waals surface area contributed by atoms with Crippen LogP contribution in [0.3, 0.4) is 0 Å². The molecule has 7 rings (SSSR count). The lowest BCUT2D eigenvalue weighted by Gasteiger charge is -2.10. The summed E-state index contributed by atoms with van der Waals surface area (Å²) in [6, 6.07) is 55.7. The molecule has 0 fully saturated rings. The maximum Gasteiger partial charge on any atom is -0.00992 e. The smallest absolute Gasteiger partial charge is 0.00992 e. The second kappa shape index (κ2) is 9.90. The first-order valence-electron chi connectivity index (χ1n) is 12.4. The molecule has 0 aliphatic heterocycles. The molecular weight excluding hydrogens is 432 g/mol. The van der Waals surface area contributed by atoms with E-state index in [4.69, 9.17) is 0 Å². The van der Waals surface area contributed by atoms with E-state index in [-0.39, 0.29) is 0 Å². The lowest BCUT2D eigenvalue weighted by molar-refractivity contribution is 1.65. The summed E-state index contributed by atoms with van der Waals surface area (Å²) in [4.78, 5) is 0. The third-order valence-corrected chi connectivity index (χ3v) is 6.74. The van der Waals surface area contributed by atoms with Crippen molar-refractivity contribution < 1.29 is 0 Å². The van der Waals surface area contributed by atoms with Gasteiger partial charge in [-0.3, -0.25) is 0 Å². The first-order valence-corrected chi connectivity index (χ1v) is 12.4. The fourth-order valence-electron chi connectivity index (χ4n) is 5.02. The molecule has 0 aromatic heterocycles. The molecule has 0 aliphatic carbocycles. The Morgan fingerprint density at radius 3 is 1.03 bits per heavy atom. The first-order chi connectivity index (χ1) is 17.9. The molecule has 0 N–H and O–H groups in total. The summed E-state index contributed by atoms with van der Waals surface area (Å²) >= 11 is 0.